The molecular weight excluding hydrogens is 250 g/mol. The SMILES string of the molecule is COC(=O)[C@@H]1CCN(C(=O)OC(C)(C)C)C[C@@H]1OC. The smallest absolute Gasteiger partial charge is 0.410 e. The number of esters is 1. The Morgan fingerprint density at radius 1 is 1.21 bits per heavy atom. The fraction of sp³-hybridized carbons (Fsp3) is 0.846. The second kappa shape index (κ2) is 6.23. The van der Waals surface area contributed by atoms with Gasteiger partial charge in [0, 0.05) is 13.7 Å². The number of carbonyl (C=O) groups is 2. The molecular formula is C13H23NO5. The van der Waals surface area contributed by atoms with Crippen LogP contribution in [0.3, 0.4) is 0 Å². The summed E-state index contributed by atoms with van der Waals surface area (Å²) in [4.78, 5) is 25.1. The van der Waals surface area contributed by atoms with Crippen molar-refractivity contribution >= 4 is 12.1 Å². The lowest BCUT2D eigenvalue weighted by molar-refractivity contribution is -0.153. The van der Waals surface area contributed by atoms with Crippen molar-refractivity contribution in [1.82, 2.24) is 4.90 Å². The van der Waals surface area contributed by atoms with Crippen LogP contribution in [0.4, 0.5) is 4.79 Å². The van der Waals surface area contributed by atoms with Crippen LogP contribution >= 0.6 is 0 Å². The molecule has 6 nitrogen and oxygen atoms in total. The van der Waals surface area contributed by atoms with Crippen LogP contribution in [-0.4, -0.2) is 56.0 Å². The fourth-order valence-electron chi connectivity index (χ4n) is 2.07. The molecule has 0 aliphatic carbocycles. The Balaban J connectivity index is 2.64. The molecule has 0 aromatic rings. The molecule has 0 spiro atoms. The van der Waals surface area contributed by atoms with Crippen molar-refractivity contribution in [2.24, 2.45) is 5.92 Å². The van der Waals surface area contributed by atoms with Gasteiger partial charge < -0.3 is 19.1 Å². The van der Waals surface area contributed by atoms with Crippen LogP contribution in [0.15, 0.2) is 0 Å². The van der Waals surface area contributed by atoms with E-state index >= 15 is 0 Å². The van der Waals surface area contributed by atoms with E-state index in [2.05, 4.69) is 0 Å². The molecule has 0 saturated carbocycles. The molecule has 2 atom stereocenters. The highest BCUT2D eigenvalue weighted by atomic mass is 16.6. The monoisotopic (exact) mass is 273 g/mol. The number of nitrogens with zero attached hydrogens (tertiary/aromatic N) is 1. The van der Waals surface area contributed by atoms with Crippen LogP contribution in [0.2, 0.25) is 0 Å². The minimum Gasteiger partial charge on any atom is -0.469 e. The highest BCUT2D eigenvalue weighted by Crippen LogP contribution is 2.23. The van der Waals surface area contributed by atoms with Gasteiger partial charge in [0.2, 0.25) is 0 Å². The van der Waals surface area contributed by atoms with Crippen LogP contribution in [0.25, 0.3) is 0 Å². The average molecular weight is 273 g/mol. The Morgan fingerprint density at radius 2 is 1.84 bits per heavy atom. The van der Waals surface area contributed by atoms with Crippen molar-refractivity contribution in [3.63, 3.8) is 0 Å². The molecule has 1 saturated heterocycles. The van der Waals surface area contributed by atoms with Gasteiger partial charge in [-0.05, 0) is 27.2 Å². The van der Waals surface area contributed by atoms with E-state index in [1.807, 2.05) is 20.8 Å². The number of hydrogen-bond donors (Lipinski definition) is 0. The van der Waals surface area contributed by atoms with Gasteiger partial charge in [-0.1, -0.05) is 0 Å². The summed E-state index contributed by atoms with van der Waals surface area (Å²) < 4.78 is 15.3. The Bertz CT molecular complexity index is 336. The number of amides is 1. The van der Waals surface area contributed by atoms with Crippen molar-refractivity contribution in [2.75, 3.05) is 27.3 Å². The molecule has 1 rings (SSSR count). The number of ether oxygens (including phenoxy) is 3. The fourth-order valence-corrected chi connectivity index (χ4v) is 2.07. The summed E-state index contributed by atoms with van der Waals surface area (Å²) in [6.45, 7) is 6.26. The van der Waals surface area contributed by atoms with Crippen molar-refractivity contribution < 1.29 is 23.8 Å². The normalized spacial score (nSPS) is 23.9. The number of methoxy groups -OCH3 is 2. The number of rotatable bonds is 2. The van der Waals surface area contributed by atoms with E-state index in [1.165, 1.54) is 14.2 Å². The van der Waals surface area contributed by atoms with E-state index in [4.69, 9.17) is 14.2 Å². The zero-order valence-electron chi connectivity index (χ0n) is 12.3. The molecule has 1 aliphatic heterocycles. The summed E-state index contributed by atoms with van der Waals surface area (Å²) >= 11 is 0. The van der Waals surface area contributed by atoms with Crippen LogP contribution in [0.5, 0.6) is 0 Å². The number of likely N-dealkylation sites (tertiary alicyclic amines) is 1. The Hall–Kier alpha value is -1.30. The molecule has 0 N–H and O–H groups in total. The molecule has 0 aromatic heterocycles. The lowest BCUT2D eigenvalue weighted by atomic mass is 9.94. The molecule has 19 heavy (non-hydrogen) atoms. The summed E-state index contributed by atoms with van der Waals surface area (Å²) in [6, 6.07) is 0. The number of hydrogen-bond acceptors (Lipinski definition) is 5. The molecule has 0 bridgehead atoms. The van der Waals surface area contributed by atoms with Gasteiger partial charge in [0.15, 0.2) is 0 Å². The van der Waals surface area contributed by atoms with Crippen molar-refractivity contribution in [3.05, 3.63) is 0 Å². The molecule has 110 valence electrons. The zero-order valence-corrected chi connectivity index (χ0v) is 12.3. The third kappa shape index (κ3) is 4.38. The topological polar surface area (TPSA) is 65.1 Å². The predicted octanol–water partition coefficient (Wildman–Crippen LogP) is 1.43. The Kier molecular flexibility index (Phi) is 5.17. The van der Waals surface area contributed by atoms with Crippen LogP contribution in [0.1, 0.15) is 27.2 Å². The highest BCUT2D eigenvalue weighted by Gasteiger charge is 2.37. The maximum Gasteiger partial charge on any atom is 0.410 e. The maximum absolute atomic E-state index is 12.0. The summed E-state index contributed by atoms with van der Waals surface area (Å²) in [5, 5.41) is 0. The van der Waals surface area contributed by atoms with Crippen LogP contribution in [0, 0.1) is 5.92 Å². The average Bonchev–Trinajstić information content (AvgIpc) is 2.35. The lowest BCUT2D eigenvalue weighted by Crippen LogP contribution is -2.51. The van der Waals surface area contributed by atoms with Gasteiger partial charge in [-0.15, -0.1) is 0 Å². The quantitative estimate of drug-likeness (QED) is 0.712. The van der Waals surface area contributed by atoms with Crippen molar-refractivity contribution in [3.8, 4) is 0 Å². The molecule has 1 heterocycles. The van der Waals surface area contributed by atoms with Crippen molar-refractivity contribution in [1.29, 1.82) is 0 Å². The second-order valence-electron chi connectivity index (χ2n) is 5.62. The summed E-state index contributed by atoms with van der Waals surface area (Å²) in [6.07, 6.45) is -0.212. The lowest BCUT2D eigenvalue weighted by Gasteiger charge is -2.36. The minimum absolute atomic E-state index is 0.296. The van der Waals surface area contributed by atoms with E-state index < -0.39 is 5.60 Å². The van der Waals surface area contributed by atoms with Gasteiger partial charge in [-0.3, -0.25) is 4.79 Å². The van der Waals surface area contributed by atoms with E-state index in [0.29, 0.717) is 19.5 Å². The zero-order chi connectivity index (χ0) is 14.6. The van der Waals surface area contributed by atoms with Crippen LogP contribution < -0.4 is 0 Å². The third-order valence-electron chi connectivity index (χ3n) is 3.02. The summed E-state index contributed by atoms with van der Waals surface area (Å²) in [5.74, 6) is -0.621. The van der Waals surface area contributed by atoms with E-state index in [1.54, 1.807) is 4.90 Å². The molecule has 0 aromatic carbocycles. The largest absolute Gasteiger partial charge is 0.469 e. The van der Waals surface area contributed by atoms with Gasteiger partial charge >= 0.3 is 12.1 Å². The third-order valence-corrected chi connectivity index (χ3v) is 3.02. The first kappa shape index (κ1) is 15.8. The second-order valence-corrected chi connectivity index (χ2v) is 5.62. The number of piperidine rings is 1. The molecule has 0 unspecified atom stereocenters. The van der Waals surface area contributed by atoms with E-state index in [0.717, 1.165) is 0 Å². The molecule has 1 fully saturated rings. The molecule has 1 amide bonds. The minimum atomic E-state index is -0.529. The molecule has 6 heteroatoms. The molecule has 0 radical (unpaired) electrons. The Morgan fingerprint density at radius 3 is 2.32 bits per heavy atom. The predicted molar refractivity (Wildman–Crippen MR) is 68.7 cm³/mol. The number of carbonyl (C=O) groups excluding carboxylic acids is 2. The first-order valence-corrected chi connectivity index (χ1v) is 6.37. The first-order chi connectivity index (χ1) is 8.78. The van der Waals surface area contributed by atoms with Crippen molar-refractivity contribution in [2.45, 2.75) is 38.9 Å². The molecule has 1 aliphatic rings. The van der Waals surface area contributed by atoms with Gasteiger partial charge in [0.25, 0.3) is 0 Å². The van der Waals surface area contributed by atoms with Gasteiger partial charge in [0.05, 0.1) is 25.7 Å². The summed E-state index contributed by atoms with van der Waals surface area (Å²) in [7, 11) is 2.88. The van der Waals surface area contributed by atoms with Gasteiger partial charge in [0.1, 0.15) is 5.60 Å². The van der Waals surface area contributed by atoms with E-state index in [-0.39, 0.29) is 24.1 Å². The van der Waals surface area contributed by atoms with Gasteiger partial charge in [-0.2, -0.15) is 0 Å². The standard InChI is InChI=1S/C13H23NO5/c1-13(2,3)19-12(16)14-7-6-9(11(15)18-5)10(8-14)17-4/h9-10H,6-8H2,1-5H3/t9-,10+/m1/s1. The highest BCUT2D eigenvalue weighted by molar-refractivity contribution is 5.74. The first-order valence-electron chi connectivity index (χ1n) is 6.37. The maximum atomic E-state index is 12.0. The van der Waals surface area contributed by atoms with E-state index in [9.17, 15) is 9.59 Å². The van der Waals surface area contributed by atoms with Crippen LogP contribution in [-0.2, 0) is 19.0 Å². The summed E-state index contributed by atoms with van der Waals surface area (Å²) in [5.41, 5.74) is -0.529. The Labute approximate surface area is 114 Å². The van der Waals surface area contributed by atoms with Gasteiger partial charge in [-0.25, -0.2) is 4.79 Å².